The third-order valence-corrected chi connectivity index (χ3v) is 11.9. The average molecular weight is 274 g/mol. The number of rotatable bonds is 4. The highest BCUT2D eigenvalue weighted by molar-refractivity contribution is 6.96. The summed E-state index contributed by atoms with van der Waals surface area (Å²) in [7, 11) is -1.61. The quantitative estimate of drug-likeness (QED) is 0.688. The molecule has 0 unspecified atom stereocenters. The summed E-state index contributed by atoms with van der Waals surface area (Å²) in [5.74, 6) is 0. The van der Waals surface area contributed by atoms with E-state index in [0.717, 1.165) is 5.58 Å². The number of benzene rings is 1. The third kappa shape index (κ3) is 2.06. The van der Waals surface area contributed by atoms with Crippen molar-refractivity contribution in [2.45, 2.75) is 58.2 Å². The fraction of sp³-hybridized carbons (Fsp3) is 0.529. The Balaban J connectivity index is 2.74. The van der Waals surface area contributed by atoms with Crippen molar-refractivity contribution >= 4 is 24.2 Å². The van der Waals surface area contributed by atoms with Gasteiger partial charge in [0, 0.05) is 5.39 Å². The topological polar surface area (TPSA) is 13.1 Å². The fourth-order valence-corrected chi connectivity index (χ4v) is 11.0. The van der Waals surface area contributed by atoms with Crippen LogP contribution in [0.15, 0.2) is 34.9 Å². The Bertz CT molecular complexity index is 529. The lowest BCUT2D eigenvalue weighted by molar-refractivity contribution is 0.617. The van der Waals surface area contributed by atoms with Crippen LogP contribution < -0.4 is 5.19 Å². The van der Waals surface area contributed by atoms with E-state index in [1.807, 2.05) is 0 Å². The number of fused-ring (bicyclic) bond motifs is 1. The summed E-state index contributed by atoms with van der Waals surface area (Å²) in [5, 5.41) is 2.85. The molecule has 19 heavy (non-hydrogen) atoms. The molecule has 0 fully saturated rings. The SMILES string of the molecule is CC(C)[Si](c1coc2ccccc12)(C(C)C)C(C)C. The van der Waals surface area contributed by atoms with Crippen molar-refractivity contribution in [3.05, 3.63) is 30.5 Å². The molecule has 104 valence electrons. The van der Waals surface area contributed by atoms with Crippen molar-refractivity contribution in [2.75, 3.05) is 0 Å². The zero-order valence-electron chi connectivity index (χ0n) is 13.0. The lowest BCUT2D eigenvalue weighted by atomic mass is 10.3. The first-order valence-corrected chi connectivity index (χ1v) is 9.62. The lowest BCUT2D eigenvalue weighted by Gasteiger charge is -2.42. The van der Waals surface area contributed by atoms with Gasteiger partial charge in [0.1, 0.15) is 5.58 Å². The normalized spacial score (nSPS) is 13.1. The van der Waals surface area contributed by atoms with Crippen LogP contribution in [0.1, 0.15) is 41.5 Å². The van der Waals surface area contributed by atoms with Gasteiger partial charge in [-0.2, -0.15) is 0 Å². The van der Waals surface area contributed by atoms with Gasteiger partial charge in [0.2, 0.25) is 0 Å². The summed E-state index contributed by atoms with van der Waals surface area (Å²) >= 11 is 0. The molecule has 0 radical (unpaired) electrons. The minimum absolute atomic E-state index is 0.716. The van der Waals surface area contributed by atoms with E-state index in [2.05, 4.69) is 72.1 Å². The van der Waals surface area contributed by atoms with Crippen LogP contribution >= 0.6 is 0 Å². The summed E-state index contributed by atoms with van der Waals surface area (Å²) < 4.78 is 5.84. The Hall–Kier alpha value is -1.02. The van der Waals surface area contributed by atoms with Gasteiger partial charge in [-0.15, -0.1) is 0 Å². The molecule has 2 heteroatoms. The highest BCUT2D eigenvalue weighted by Gasteiger charge is 2.46. The average Bonchev–Trinajstić information content (AvgIpc) is 2.73. The van der Waals surface area contributed by atoms with Crippen molar-refractivity contribution in [2.24, 2.45) is 0 Å². The largest absolute Gasteiger partial charge is 0.464 e. The van der Waals surface area contributed by atoms with E-state index in [1.165, 1.54) is 10.6 Å². The van der Waals surface area contributed by atoms with Crippen LogP contribution in [0.4, 0.5) is 0 Å². The van der Waals surface area contributed by atoms with E-state index >= 15 is 0 Å². The molecule has 1 aromatic carbocycles. The first-order valence-electron chi connectivity index (χ1n) is 7.39. The molecule has 0 atom stereocenters. The van der Waals surface area contributed by atoms with Gasteiger partial charge in [0.05, 0.1) is 14.3 Å². The number of furan rings is 1. The van der Waals surface area contributed by atoms with E-state index in [1.54, 1.807) is 0 Å². The molecule has 0 aliphatic carbocycles. The van der Waals surface area contributed by atoms with Gasteiger partial charge in [0.15, 0.2) is 0 Å². The molecule has 1 nitrogen and oxygen atoms in total. The summed E-state index contributed by atoms with van der Waals surface area (Å²) in [6.07, 6.45) is 2.05. The predicted octanol–water partition coefficient (Wildman–Crippen LogP) is 5.32. The van der Waals surface area contributed by atoms with Gasteiger partial charge in [-0.25, -0.2) is 0 Å². The van der Waals surface area contributed by atoms with Gasteiger partial charge < -0.3 is 4.42 Å². The first-order chi connectivity index (χ1) is 8.92. The number of hydrogen-bond acceptors (Lipinski definition) is 1. The Labute approximate surface area is 118 Å². The standard InChI is InChI=1S/C17H26OSi/c1-12(2)19(13(3)4,14(5)6)17-11-18-16-10-8-7-9-15(16)17/h7-14H,1-6H3. The van der Waals surface area contributed by atoms with E-state index in [9.17, 15) is 0 Å². The molecule has 0 bridgehead atoms. The molecule has 0 amide bonds. The Morgan fingerprint density at radius 3 is 1.89 bits per heavy atom. The lowest BCUT2D eigenvalue weighted by Crippen LogP contribution is -2.55. The Morgan fingerprint density at radius 1 is 0.842 bits per heavy atom. The fourth-order valence-electron chi connectivity index (χ4n) is 4.25. The molecular weight excluding hydrogens is 248 g/mol. The molecule has 1 heterocycles. The molecule has 2 rings (SSSR count). The maximum absolute atomic E-state index is 5.84. The summed E-state index contributed by atoms with van der Waals surface area (Å²) in [5.41, 5.74) is 3.19. The first kappa shape index (κ1) is 14.4. The van der Waals surface area contributed by atoms with Crippen molar-refractivity contribution in [3.63, 3.8) is 0 Å². The molecule has 0 spiro atoms. The van der Waals surface area contributed by atoms with Gasteiger partial charge in [-0.1, -0.05) is 59.7 Å². The van der Waals surface area contributed by atoms with E-state index < -0.39 is 8.07 Å². The van der Waals surface area contributed by atoms with Crippen molar-refractivity contribution < 1.29 is 4.42 Å². The van der Waals surface area contributed by atoms with Gasteiger partial charge in [-0.05, 0) is 27.9 Å². The molecular formula is C17H26OSi. The second-order valence-electron chi connectivity index (χ2n) is 6.54. The number of para-hydroxylation sites is 1. The molecule has 0 aliphatic rings. The van der Waals surface area contributed by atoms with Crippen LogP contribution in [0.25, 0.3) is 11.0 Å². The minimum atomic E-state index is -1.61. The highest BCUT2D eigenvalue weighted by atomic mass is 28.3. The van der Waals surface area contributed by atoms with E-state index in [-0.39, 0.29) is 0 Å². The second kappa shape index (κ2) is 5.16. The number of hydrogen-bond donors (Lipinski definition) is 0. The third-order valence-electron chi connectivity index (χ3n) is 4.81. The minimum Gasteiger partial charge on any atom is -0.464 e. The molecule has 1 aromatic heterocycles. The Kier molecular flexibility index (Phi) is 3.91. The second-order valence-corrected chi connectivity index (χ2v) is 12.4. The van der Waals surface area contributed by atoms with Crippen LogP contribution in [-0.4, -0.2) is 8.07 Å². The van der Waals surface area contributed by atoms with Gasteiger partial charge >= 0.3 is 0 Å². The van der Waals surface area contributed by atoms with Crippen LogP contribution in [0.3, 0.4) is 0 Å². The maximum atomic E-state index is 5.84. The summed E-state index contributed by atoms with van der Waals surface area (Å²) in [6.45, 7) is 14.4. The van der Waals surface area contributed by atoms with Crippen LogP contribution in [0, 0.1) is 0 Å². The van der Waals surface area contributed by atoms with Crippen molar-refractivity contribution in [1.82, 2.24) is 0 Å². The van der Waals surface area contributed by atoms with Gasteiger partial charge in [0.25, 0.3) is 0 Å². The predicted molar refractivity (Wildman–Crippen MR) is 86.9 cm³/mol. The Morgan fingerprint density at radius 2 is 1.37 bits per heavy atom. The maximum Gasteiger partial charge on any atom is 0.133 e. The molecule has 2 aromatic rings. The zero-order chi connectivity index (χ0) is 14.2. The highest BCUT2D eigenvalue weighted by Crippen LogP contribution is 2.42. The van der Waals surface area contributed by atoms with Crippen LogP contribution in [0.5, 0.6) is 0 Å². The smallest absolute Gasteiger partial charge is 0.133 e. The van der Waals surface area contributed by atoms with Crippen LogP contribution in [0.2, 0.25) is 16.6 Å². The van der Waals surface area contributed by atoms with E-state index in [0.29, 0.717) is 16.6 Å². The van der Waals surface area contributed by atoms with Gasteiger partial charge in [-0.3, -0.25) is 0 Å². The van der Waals surface area contributed by atoms with E-state index in [4.69, 9.17) is 4.42 Å². The van der Waals surface area contributed by atoms with Crippen molar-refractivity contribution in [1.29, 1.82) is 0 Å². The van der Waals surface area contributed by atoms with Crippen LogP contribution in [-0.2, 0) is 0 Å². The summed E-state index contributed by atoms with van der Waals surface area (Å²) in [6, 6.07) is 8.49. The zero-order valence-corrected chi connectivity index (χ0v) is 14.0. The molecule has 0 saturated heterocycles. The molecule has 0 saturated carbocycles. The molecule has 0 aliphatic heterocycles. The summed E-state index contributed by atoms with van der Waals surface area (Å²) in [4.78, 5) is 0. The molecule has 0 N–H and O–H groups in total. The monoisotopic (exact) mass is 274 g/mol. The van der Waals surface area contributed by atoms with Crippen molar-refractivity contribution in [3.8, 4) is 0 Å².